The summed E-state index contributed by atoms with van der Waals surface area (Å²) in [4.78, 5) is 11.8. The lowest BCUT2D eigenvalue weighted by molar-refractivity contribution is -0.115. The number of hydrogen-bond donors (Lipinski definition) is 3. The summed E-state index contributed by atoms with van der Waals surface area (Å²) in [5, 5.41) is 2.55. The van der Waals surface area contributed by atoms with Crippen molar-refractivity contribution in [2.75, 3.05) is 37.1 Å². The Bertz CT molecular complexity index is 637. The molecule has 0 unspecified atom stereocenters. The normalized spacial score (nSPS) is 11.0. The van der Waals surface area contributed by atoms with E-state index in [9.17, 15) is 13.2 Å². The Morgan fingerprint density at radius 2 is 2.00 bits per heavy atom. The minimum absolute atomic E-state index is 0. The number of benzene rings is 1. The van der Waals surface area contributed by atoms with Crippen molar-refractivity contribution in [2.24, 2.45) is 0 Å². The van der Waals surface area contributed by atoms with E-state index in [1.807, 2.05) is 13.8 Å². The van der Waals surface area contributed by atoms with E-state index >= 15 is 0 Å². The van der Waals surface area contributed by atoms with Crippen LogP contribution in [0.2, 0.25) is 0 Å². The molecule has 0 fully saturated rings. The van der Waals surface area contributed by atoms with Gasteiger partial charge in [0, 0.05) is 5.69 Å². The molecular formula is C14H24ClN3O5S. The first-order valence-electron chi connectivity index (χ1n) is 7.06. The van der Waals surface area contributed by atoms with Gasteiger partial charge in [-0.25, -0.2) is 13.1 Å². The van der Waals surface area contributed by atoms with Crippen LogP contribution in [-0.2, 0) is 19.6 Å². The largest absolute Gasteiger partial charge is 0.495 e. The molecule has 0 heterocycles. The van der Waals surface area contributed by atoms with E-state index < -0.39 is 15.9 Å². The summed E-state index contributed by atoms with van der Waals surface area (Å²) < 4.78 is 35.8. The number of sulfonamides is 1. The second kappa shape index (κ2) is 10.3. The van der Waals surface area contributed by atoms with Crippen LogP contribution in [0.4, 0.5) is 11.4 Å². The molecule has 0 aliphatic rings. The van der Waals surface area contributed by atoms with Gasteiger partial charge in [0.2, 0.25) is 15.9 Å². The van der Waals surface area contributed by atoms with Gasteiger partial charge in [-0.05, 0) is 32.0 Å². The zero-order valence-corrected chi connectivity index (χ0v) is 15.5. The van der Waals surface area contributed by atoms with E-state index in [0.717, 1.165) is 0 Å². The molecule has 8 nitrogen and oxygen atoms in total. The third-order valence-electron chi connectivity index (χ3n) is 2.77. The third-order valence-corrected chi connectivity index (χ3v) is 4.06. The molecule has 138 valence electrons. The van der Waals surface area contributed by atoms with Crippen LogP contribution in [-0.4, -0.2) is 46.4 Å². The van der Waals surface area contributed by atoms with Crippen LogP contribution in [0.1, 0.15) is 13.8 Å². The van der Waals surface area contributed by atoms with E-state index in [0.29, 0.717) is 17.1 Å². The molecule has 0 atom stereocenters. The summed E-state index contributed by atoms with van der Waals surface area (Å²) in [6.45, 7) is 3.33. The SMILES string of the molecule is COc1ccc(NC(=O)CNS(=O)(=O)CCOC(C)C)cc1N.Cl. The van der Waals surface area contributed by atoms with Crippen molar-refractivity contribution in [3.8, 4) is 5.75 Å². The molecule has 4 N–H and O–H groups in total. The molecular weight excluding hydrogens is 358 g/mol. The van der Waals surface area contributed by atoms with Gasteiger partial charge < -0.3 is 20.5 Å². The van der Waals surface area contributed by atoms with Gasteiger partial charge in [-0.1, -0.05) is 0 Å². The monoisotopic (exact) mass is 381 g/mol. The lowest BCUT2D eigenvalue weighted by Crippen LogP contribution is -2.35. The quantitative estimate of drug-likeness (QED) is 0.548. The van der Waals surface area contributed by atoms with E-state index in [2.05, 4.69) is 10.0 Å². The van der Waals surface area contributed by atoms with E-state index in [1.54, 1.807) is 12.1 Å². The van der Waals surface area contributed by atoms with Crippen molar-refractivity contribution in [3.63, 3.8) is 0 Å². The number of nitrogens with one attached hydrogen (secondary N) is 2. The fourth-order valence-electron chi connectivity index (χ4n) is 1.66. The summed E-state index contributed by atoms with van der Waals surface area (Å²) in [5.74, 6) is -0.203. The van der Waals surface area contributed by atoms with Crippen LogP contribution in [0.5, 0.6) is 5.75 Å². The Balaban J connectivity index is 0.00000529. The number of methoxy groups -OCH3 is 1. The Morgan fingerprint density at radius 3 is 2.54 bits per heavy atom. The van der Waals surface area contributed by atoms with Gasteiger partial charge in [0.1, 0.15) is 5.75 Å². The molecule has 0 spiro atoms. The number of anilines is 2. The Kier molecular flexibility index (Phi) is 9.67. The van der Waals surface area contributed by atoms with Crippen molar-refractivity contribution in [1.82, 2.24) is 4.72 Å². The number of carbonyl (C=O) groups is 1. The Hall–Kier alpha value is -1.55. The molecule has 0 aliphatic heterocycles. The van der Waals surface area contributed by atoms with Crippen LogP contribution in [0.3, 0.4) is 0 Å². The maximum atomic E-state index is 11.8. The van der Waals surface area contributed by atoms with E-state index in [-0.39, 0.29) is 37.4 Å². The summed E-state index contributed by atoms with van der Waals surface area (Å²) in [6.07, 6.45) is -0.0472. The van der Waals surface area contributed by atoms with Crippen molar-refractivity contribution >= 4 is 39.7 Å². The van der Waals surface area contributed by atoms with Gasteiger partial charge >= 0.3 is 0 Å². The summed E-state index contributed by atoms with van der Waals surface area (Å²) in [7, 11) is -2.08. The number of carbonyl (C=O) groups excluding carboxylic acids is 1. The highest BCUT2D eigenvalue weighted by Gasteiger charge is 2.13. The van der Waals surface area contributed by atoms with Crippen LogP contribution in [0.15, 0.2) is 18.2 Å². The predicted octanol–water partition coefficient (Wildman–Crippen LogP) is 0.982. The molecule has 0 aromatic heterocycles. The van der Waals surface area contributed by atoms with Crippen molar-refractivity contribution < 1.29 is 22.7 Å². The molecule has 1 rings (SSSR count). The average molecular weight is 382 g/mol. The zero-order chi connectivity index (χ0) is 17.5. The third kappa shape index (κ3) is 8.34. The van der Waals surface area contributed by atoms with Gasteiger partial charge in [0.25, 0.3) is 0 Å². The molecule has 1 aromatic carbocycles. The summed E-state index contributed by atoms with van der Waals surface area (Å²) in [6, 6.07) is 4.75. The number of amides is 1. The molecule has 24 heavy (non-hydrogen) atoms. The molecule has 0 aliphatic carbocycles. The minimum Gasteiger partial charge on any atom is -0.495 e. The van der Waals surface area contributed by atoms with E-state index in [1.165, 1.54) is 13.2 Å². The molecule has 1 amide bonds. The molecule has 0 bridgehead atoms. The van der Waals surface area contributed by atoms with Gasteiger partial charge in [-0.2, -0.15) is 0 Å². The molecule has 0 saturated carbocycles. The van der Waals surface area contributed by atoms with Crippen LogP contribution >= 0.6 is 12.4 Å². The van der Waals surface area contributed by atoms with Gasteiger partial charge in [0.05, 0.1) is 37.8 Å². The fraction of sp³-hybridized carbons (Fsp3) is 0.500. The van der Waals surface area contributed by atoms with Crippen molar-refractivity contribution in [1.29, 1.82) is 0 Å². The lowest BCUT2D eigenvalue weighted by Gasteiger charge is -2.10. The highest BCUT2D eigenvalue weighted by molar-refractivity contribution is 7.89. The average Bonchev–Trinajstić information content (AvgIpc) is 2.45. The maximum Gasteiger partial charge on any atom is 0.239 e. The first kappa shape index (κ1) is 22.4. The number of ether oxygens (including phenoxy) is 2. The second-order valence-corrected chi connectivity index (χ2v) is 6.99. The number of halogens is 1. The highest BCUT2D eigenvalue weighted by atomic mass is 35.5. The number of rotatable bonds is 9. The molecule has 0 saturated heterocycles. The van der Waals surface area contributed by atoms with Crippen LogP contribution < -0.4 is 20.5 Å². The predicted molar refractivity (Wildman–Crippen MR) is 96.2 cm³/mol. The summed E-state index contributed by atoms with van der Waals surface area (Å²) >= 11 is 0. The van der Waals surface area contributed by atoms with Gasteiger partial charge in [-0.15, -0.1) is 12.4 Å². The lowest BCUT2D eigenvalue weighted by atomic mass is 10.2. The first-order chi connectivity index (χ1) is 10.7. The number of nitrogens with two attached hydrogens (primary N) is 1. The smallest absolute Gasteiger partial charge is 0.239 e. The van der Waals surface area contributed by atoms with Gasteiger partial charge in [-0.3, -0.25) is 4.79 Å². The topological polar surface area (TPSA) is 120 Å². The Morgan fingerprint density at radius 1 is 1.33 bits per heavy atom. The van der Waals surface area contributed by atoms with E-state index in [4.69, 9.17) is 15.2 Å². The molecule has 10 heteroatoms. The van der Waals surface area contributed by atoms with Crippen LogP contribution in [0, 0.1) is 0 Å². The summed E-state index contributed by atoms with van der Waals surface area (Å²) in [5.41, 5.74) is 6.55. The van der Waals surface area contributed by atoms with Crippen molar-refractivity contribution in [2.45, 2.75) is 20.0 Å². The molecule has 0 radical (unpaired) electrons. The first-order valence-corrected chi connectivity index (χ1v) is 8.71. The zero-order valence-electron chi connectivity index (χ0n) is 13.9. The molecule has 1 aromatic rings. The maximum absolute atomic E-state index is 11.8. The van der Waals surface area contributed by atoms with Gasteiger partial charge in [0.15, 0.2) is 0 Å². The fourth-order valence-corrected chi connectivity index (χ4v) is 2.47. The standard InChI is InChI=1S/C14H23N3O5S.ClH/c1-10(2)22-6-7-23(19,20)16-9-14(18)17-11-4-5-13(21-3)12(15)8-11;/h4-5,8,10,16H,6-7,9,15H2,1-3H3,(H,17,18);1H. The minimum atomic E-state index is -3.56. The van der Waals surface area contributed by atoms with Crippen molar-refractivity contribution in [3.05, 3.63) is 18.2 Å². The second-order valence-electron chi connectivity index (χ2n) is 5.06. The Labute approximate surface area is 148 Å². The highest BCUT2D eigenvalue weighted by Crippen LogP contribution is 2.24. The number of nitrogen functional groups attached to an aromatic ring is 1. The number of hydrogen-bond acceptors (Lipinski definition) is 6. The van der Waals surface area contributed by atoms with Crippen LogP contribution in [0.25, 0.3) is 0 Å².